The molecular weight excluding hydrogens is 524 g/mol. The number of anilines is 1. The third-order valence-electron chi connectivity index (χ3n) is 10.7. The summed E-state index contributed by atoms with van der Waals surface area (Å²) in [5.41, 5.74) is 4.78. The summed E-state index contributed by atoms with van der Waals surface area (Å²) in [6, 6.07) is 13.0. The Bertz CT molecular complexity index is 1400. The zero-order chi connectivity index (χ0) is 29.5. The number of hydrogen-bond acceptors (Lipinski definition) is 5. The second kappa shape index (κ2) is 11.5. The first-order valence-electron chi connectivity index (χ1n) is 15.9. The Morgan fingerprint density at radius 2 is 1.79 bits per heavy atom. The highest BCUT2D eigenvalue weighted by atomic mass is 16.5. The zero-order valence-corrected chi connectivity index (χ0v) is 25.7. The molecule has 0 atom stereocenters. The highest BCUT2D eigenvalue weighted by molar-refractivity contribution is 5.94. The van der Waals surface area contributed by atoms with Gasteiger partial charge in [0.25, 0.3) is 0 Å². The maximum absolute atomic E-state index is 14.2. The molecule has 0 radical (unpaired) electrons. The molecule has 1 aromatic carbocycles. The first kappa shape index (κ1) is 28.9. The first-order chi connectivity index (χ1) is 20.2. The molecule has 4 saturated carbocycles. The summed E-state index contributed by atoms with van der Waals surface area (Å²) >= 11 is 0. The van der Waals surface area contributed by atoms with Crippen molar-refractivity contribution in [2.75, 3.05) is 18.6 Å². The molecule has 1 N–H and O–H groups in total. The number of hydrogen-bond donors (Lipinski definition) is 1. The van der Waals surface area contributed by atoms with Crippen LogP contribution >= 0.6 is 0 Å². The fourth-order valence-corrected chi connectivity index (χ4v) is 7.78. The van der Waals surface area contributed by atoms with Crippen LogP contribution in [0.3, 0.4) is 0 Å². The summed E-state index contributed by atoms with van der Waals surface area (Å²) in [4.78, 5) is 21.3. The molecule has 224 valence electrons. The number of aliphatic hydroxyl groups is 1. The Morgan fingerprint density at radius 1 is 1.07 bits per heavy atom. The van der Waals surface area contributed by atoms with Crippen LogP contribution in [0.15, 0.2) is 48.8 Å². The molecule has 2 heterocycles. The van der Waals surface area contributed by atoms with Crippen molar-refractivity contribution >= 4 is 11.7 Å². The third kappa shape index (κ3) is 5.48. The fourth-order valence-electron chi connectivity index (χ4n) is 7.78. The lowest BCUT2D eigenvalue weighted by molar-refractivity contribution is -0.124. The topological polar surface area (TPSA) is 80.5 Å². The Hall–Kier alpha value is -3.19. The quantitative estimate of drug-likeness (QED) is 0.315. The smallest absolute Gasteiger partial charge is 0.231 e. The molecule has 7 heteroatoms. The molecule has 4 fully saturated rings. The van der Waals surface area contributed by atoms with Crippen LogP contribution in [0, 0.1) is 18.3 Å². The molecule has 0 aliphatic heterocycles. The van der Waals surface area contributed by atoms with Crippen molar-refractivity contribution in [1.82, 2.24) is 14.8 Å². The minimum absolute atomic E-state index is 0.0625. The Kier molecular flexibility index (Phi) is 7.90. The number of benzene rings is 1. The van der Waals surface area contributed by atoms with Crippen molar-refractivity contribution in [3.8, 4) is 17.0 Å². The van der Waals surface area contributed by atoms with Crippen molar-refractivity contribution in [3.63, 3.8) is 0 Å². The highest BCUT2D eigenvalue weighted by Crippen LogP contribution is 2.58. The number of nitrogens with zero attached hydrogens (tertiary/aromatic N) is 4. The van der Waals surface area contributed by atoms with Gasteiger partial charge in [0.15, 0.2) is 0 Å². The van der Waals surface area contributed by atoms with E-state index in [0.717, 1.165) is 74.2 Å². The van der Waals surface area contributed by atoms with E-state index in [1.165, 1.54) is 11.1 Å². The second-order valence-electron chi connectivity index (χ2n) is 13.6. The summed E-state index contributed by atoms with van der Waals surface area (Å²) in [5.74, 6) is 1.80. The van der Waals surface area contributed by atoms with Crippen LogP contribution in [0.1, 0.15) is 95.2 Å². The van der Waals surface area contributed by atoms with E-state index in [1.807, 2.05) is 40.2 Å². The normalized spacial score (nSPS) is 27.3. The lowest BCUT2D eigenvalue weighted by Crippen LogP contribution is -2.52. The van der Waals surface area contributed by atoms with Gasteiger partial charge in [0, 0.05) is 30.3 Å². The van der Waals surface area contributed by atoms with Crippen LogP contribution in [-0.4, -0.2) is 45.5 Å². The predicted octanol–water partition coefficient (Wildman–Crippen LogP) is 7.02. The van der Waals surface area contributed by atoms with Gasteiger partial charge in [-0.2, -0.15) is 5.10 Å². The molecule has 42 heavy (non-hydrogen) atoms. The van der Waals surface area contributed by atoms with Gasteiger partial charge in [-0.3, -0.25) is 14.4 Å². The minimum Gasteiger partial charge on any atom is -0.496 e. The second-order valence-corrected chi connectivity index (χ2v) is 13.6. The number of amides is 1. The van der Waals surface area contributed by atoms with Crippen molar-refractivity contribution in [1.29, 1.82) is 0 Å². The lowest BCUT2D eigenvalue weighted by atomic mass is 9.51. The molecule has 7 nitrogen and oxygen atoms in total. The van der Waals surface area contributed by atoms with Crippen molar-refractivity contribution in [3.05, 3.63) is 59.9 Å². The third-order valence-corrected chi connectivity index (χ3v) is 10.7. The van der Waals surface area contributed by atoms with Gasteiger partial charge in [-0.25, -0.2) is 4.98 Å². The van der Waals surface area contributed by atoms with E-state index in [9.17, 15) is 9.90 Å². The molecule has 3 aromatic rings. The standard InChI is InChI=1S/C35H46N4O3/c1-24(2)39-22-27(21-36-39)30-6-5-7-32(37-30)38(33(41)26-8-11-29(40)12-9-26)23-34-14-17-35(18-15-34,19-16-34)28-10-13-31(42-4)25(3)20-28/h5-7,10,13,20-22,24,26,29,40H,8-9,11-12,14-19,23H2,1-4H3. The SMILES string of the molecule is COc1ccc(C23CCC(CN(C(=O)C4CCC(O)CC4)c4cccc(-c5cnn(C(C)C)c5)n4)(CC2)CC3)cc1C. The fraction of sp³-hybridized carbons (Fsp3) is 0.571. The average Bonchev–Trinajstić information content (AvgIpc) is 3.52. The first-order valence-corrected chi connectivity index (χ1v) is 15.9. The number of carbonyl (C=O) groups is 1. The van der Waals surface area contributed by atoms with Gasteiger partial charge < -0.3 is 9.84 Å². The van der Waals surface area contributed by atoms with Gasteiger partial charge >= 0.3 is 0 Å². The van der Waals surface area contributed by atoms with E-state index < -0.39 is 0 Å². The van der Waals surface area contributed by atoms with E-state index in [1.54, 1.807) is 7.11 Å². The van der Waals surface area contributed by atoms with Gasteiger partial charge in [-0.15, -0.1) is 0 Å². The Morgan fingerprint density at radius 3 is 2.40 bits per heavy atom. The van der Waals surface area contributed by atoms with E-state index in [2.05, 4.69) is 44.1 Å². The van der Waals surface area contributed by atoms with Crippen LogP contribution in [0.25, 0.3) is 11.3 Å². The number of fused-ring (bicyclic) bond motifs is 3. The maximum atomic E-state index is 14.2. The monoisotopic (exact) mass is 570 g/mol. The minimum atomic E-state index is -0.286. The number of ether oxygens (including phenoxy) is 1. The number of rotatable bonds is 8. The van der Waals surface area contributed by atoms with E-state index in [4.69, 9.17) is 9.72 Å². The van der Waals surface area contributed by atoms with Crippen LogP contribution in [-0.2, 0) is 10.2 Å². The molecule has 4 aliphatic carbocycles. The highest BCUT2D eigenvalue weighted by Gasteiger charge is 2.50. The van der Waals surface area contributed by atoms with Crippen LogP contribution in [0.4, 0.5) is 5.82 Å². The summed E-state index contributed by atoms with van der Waals surface area (Å²) in [7, 11) is 1.74. The van der Waals surface area contributed by atoms with Crippen LogP contribution < -0.4 is 9.64 Å². The Labute approximate surface area is 250 Å². The van der Waals surface area contributed by atoms with Gasteiger partial charge in [0.05, 0.1) is 25.1 Å². The summed E-state index contributed by atoms with van der Waals surface area (Å²) < 4.78 is 7.47. The van der Waals surface area contributed by atoms with Crippen molar-refractivity contribution < 1.29 is 14.6 Å². The van der Waals surface area contributed by atoms with Gasteiger partial charge in [0.2, 0.25) is 5.91 Å². The molecule has 4 aliphatic rings. The van der Waals surface area contributed by atoms with Gasteiger partial charge in [-0.05, 0) is 125 Å². The lowest BCUT2D eigenvalue weighted by Gasteiger charge is -2.55. The largest absolute Gasteiger partial charge is 0.496 e. The van der Waals surface area contributed by atoms with Gasteiger partial charge in [0.1, 0.15) is 11.6 Å². The van der Waals surface area contributed by atoms with Crippen molar-refractivity contribution in [2.24, 2.45) is 11.3 Å². The number of aliphatic hydroxyl groups excluding tert-OH is 1. The average molecular weight is 571 g/mol. The summed E-state index contributed by atoms with van der Waals surface area (Å²) in [5, 5.41) is 14.6. The molecule has 2 bridgehead atoms. The molecule has 0 unspecified atom stereocenters. The molecular formula is C35H46N4O3. The summed E-state index contributed by atoms with van der Waals surface area (Å²) in [6.07, 6.45) is 13.3. The predicted molar refractivity (Wildman–Crippen MR) is 166 cm³/mol. The number of aryl methyl sites for hydroxylation is 1. The maximum Gasteiger partial charge on any atom is 0.231 e. The van der Waals surface area contributed by atoms with Crippen LogP contribution in [0.2, 0.25) is 0 Å². The number of methoxy groups -OCH3 is 1. The van der Waals surface area contributed by atoms with Gasteiger partial charge in [-0.1, -0.05) is 18.2 Å². The number of carbonyl (C=O) groups excluding carboxylic acids is 1. The Balaban J connectivity index is 1.27. The van der Waals surface area contributed by atoms with E-state index in [-0.39, 0.29) is 34.8 Å². The van der Waals surface area contributed by atoms with E-state index in [0.29, 0.717) is 19.4 Å². The molecule has 7 rings (SSSR count). The number of pyridine rings is 1. The molecule has 1 amide bonds. The molecule has 0 spiro atoms. The molecule has 2 aromatic heterocycles. The summed E-state index contributed by atoms with van der Waals surface area (Å²) in [6.45, 7) is 7.07. The zero-order valence-electron chi connectivity index (χ0n) is 25.7. The van der Waals surface area contributed by atoms with Crippen LogP contribution in [0.5, 0.6) is 5.75 Å². The molecule has 0 saturated heterocycles. The van der Waals surface area contributed by atoms with Crippen molar-refractivity contribution in [2.45, 2.75) is 103 Å². The van der Waals surface area contributed by atoms with E-state index >= 15 is 0 Å². The number of aromatic nitrogens is 3.